The largest absolute Gasteiger partial charge is 0.361 e. The van der Waals surface area contributed by atoms with E-state index in [1.54, 1.807) is 4.90 Å². The zero-order chi connectivity index (χ0) is 18.3. The minimum atomic E-state index is -1.23. The highest BCUT2D eigenvalue weighted by atomic mass is 19.2. The number of primary amides is 1. The van der Waals surface area contributed by atoms with E-state index in [0.29, 0.717) is 18.9 Å². The summed E-state index contributed by atoms with van der Waals surface area (Å²) in [6.07, 6.45) is 2.79. The minimum Gasteiger partial charge on any atom is -0.361 e. The Morgan fingerprint density at radius 3 is 2.20 bits per heavy atom. The van der Waals surface area contributed by atoms with Gasteiger partial charge in [-0.1, -0.05) is 0 Å². The molecule has 5 nitrogen and oxygen atoms in total. The maximum Gasteiger partial charge on any atom is 0.312 e. The lowest BCUT2D eigenvalue weighted by Crippen LogP contribution is -2.53. The van der Waals surface area contributed by atoms with Crippen LogP contribution in [0.15, 0.2) is 12.1 Å². The van der Waals surface area contributed by atoms with E-state index >= 15 is 0 Å². The molecule has 0 aromatic heterocycles. The normalized spacial score (nSPS) is 26.6. The van der Waals surface area contributed by atoms with E-state index in [0.717, 1.165) is 18.9 Å². The number of nitrogens with zero attached hydrogens (tertiary/aromatic N) is 1. The second-order valence-electron chi connectivity index (χ2n) is 6.92. The SMILES string of the molecule is NC(=O)C(=O)N1[C@@H]2CC[C@H]1C[C@H]([C@H](N)Cc1cc(F)c(F)cc1F)C2. The summed E-state index contributed by atoms with van der Waals surface area (Å²) in [5.74, 6) is -4.80. The van der Waals surface area contributed by atoms with Gasteiger partial charge >= 0.3 is 11.8 Å². The number of rotatable bonds is 3. The lowest BCUT2D eigenvalue weighted by atomic mass is 9.82. The van der Waals surface area contributed by atoms with Gasteiger partial charge in [0.1, 0.15) is 5.82 Å². The van der Waals surface area contributed by atoms with Crippen LogP contribution in [0.4, 0.5) is 13.2 Å². The third-order valence-electron chi connectivity index (χ3n) is 5.37. The van der Waals surface area contributed by atoms with Crippen LogP contribution in [0.2, 0.25) is 0 Å². The average Bonchev–Trinajstić information content (AvgIpc) is 2.80. The average molecular weight is 355 g/mol. The number of nitrogens with two attached hydrogens (primary N) is 2. The first-order valence-electron chi connectivity index (χ1n) is 8.29. The molecule has 3 rings (SSSR count). The van der Waals surface area contributed by atoms with Crippen molar-refractivity contribution in [2.45, 2.75) is 50.2 Å². The third-order valence-corrected chi connectivity index (χ3v) is 5.37. The Kier molecular flexibility index (Phi) is 4.73. The molecule has 136 valence electrons. The van der Waals surface area contributed by atoms with Crippen LogP contribution in [0.1, 0.15) is 31.2 Å². The molecule has 2 saturated heterocycles. The number of halogens is 3. The predicted molar refractivity (Wildman–Crippen MR) is 83.6 cm³/mol. The van der Waals surface area contributed by atoms with Crippen molar-refractivity contribution in [1.82, 2.24) is 4.90 Å². The molecule has 2 fully saturated rings. The second kappa shape index (κ2) is 6.67. The number of carbonyl (C=O) groups is 2. The number of piperidine rings is 1. The molecule has 1 aromatic carbocycles. The first-order chi connectivity index (χ1) is 11.8. The summed E-state index contributed by atoms with van der Waals surface area (Å²) in [6.45, 7) is 0. The smallest absolute Gasteiger partial charge is 0.312 e. The van der Waals surface area contributed by atoms with E-state index in [2.05, 4.69) is 0 Å². The van der Waals surface area contributed by atoms with Crippen LogP contribution in [0, 0.1) is 23.4 Å². The summed E-state index contributed by atoms with van der Waals surface area (Å²) >= 11 is 0. The van der Waals surface area contributed by atoms with Crippen LogP contribution >= 0.6 is 0 Å². The molecule has 0 radical (unpaired) electrons. The van der Waals surface area contributed by atoms with E-state index in [9.17, 15) is 22.8 Å². The molecule has 2 amide bonds. The molecule has 0 saturated carbocycles. The zero-order valence-corrected chi connectivity index (χ0v) is 13.6. The zero-order valence-electron chi connectivity index (χ0n) is 13.6. The Morgan fingerprint density at radius 1 is 1.08 bits per heavy atom. The van der Waals surface area contributed by atoms with E-state index in [4.69, 9.17) is 11.5 Å². The maximum absolute atomic E-state index is 13.8. The molecular formula is C17H20F3N3O2. The van der Waals surface area contributed by atoms with Crippen molar-refractivity contribution in [2.75, 3.05) is 0 Å². The molecule has 2 bridgehead atoms. The third kappa shape index (κ3) is 3.35. The van der Waals surface area contributed by atoms with Gasteiger partial charge in [0.15, 0.2) is 11.6 Å². The minimum absolute atomic E-state index is 0.00180. The van der Waals surface area contributed by atoms with Crippen molar-refractivity contribution in [3.8, 4) is 0 Å². The first kappa shape index (κ1) is 17.7. The number of benzene rings is 1. The van der Waals surface area contributed by atoms with Crippen LogP contribution < -0.4 is 11.5 Å². The van der Waals surface area contributed by atoms with Crippen molar-refractivity contribution in [3.05, 3.63) is 35.1 Å². The molecule has 2 aliphatic rings. The molecule has 2 heterocycles. The van der Waals surface area contributed by atoms with Gasteiger partial charge in [0.2, 0.25) is 0 Å². The fraction of sp³-hybridized carbons (Fsp3) is 0.529. The molecular weight excluding hydrogens is 335 g/mol. The highest BCUT2D eigenvalue weighted by Crippen LogP contribution is 2.40. The lowest BCUT2D eigenvalue weighted by Gasteiger charge is -2.40. The lowest BCUT2D eigenvalue weighted by molar-refractivity contribution is -0.147. The van der Waals surface area contributed by atoms with Gasteiger partial charge in [0.25, 0.3) is 0 Å². The van der Waals surface area contributed by atoms with Gasteiger partial charge in [-0.05, 0) is 49.7 Å². The van der Waals surface area contributed by atoms with Crippen molar-refractivity contribution in [3.63, 3.8) is 0 Å². The molecule has 2 aliphatic heterocycles. The van der Waals surface area contributed by atoms with Gasteiger partial charge < -0.3 is 16.4 Å². The van der Waals surface area contributed by atoms with Crippen LogP contribution in [0.5, 0.6) is 0 Å². The second-order valence-corrected chi connectivity index (χ2v) is 6.92. The Labute approximate surface area is 143 Å². The summed E-state index contributed by atoms with van der Waals surface area (Å²) in [5, 5.41) is 0. The summed E-state index contributed by atoms with van der Waals surface area (Å²) < 4.78 is 40.2. The van der Waals surface area contributed by atoms with Crippen molar-refractivity contribution in [2.24, 2.45) is 17.4 Å². The van der Waals surface area contributed by atoms with Gasteiger partial charge in [0, 0.05) is 24.2 Å². The van der Waals surface area contributed by atoms with Crippen LogP contribution in [-0.4, -0.2) is 34.8 Å². The van der Waals surface area contributed by atoms with Crippen LogP contribution in [0.25, 0.3) is 0 Å². The predicted octanol–water partition coefficient (Wildman–Crippen LogP) is 1.23. The van der Waals surface area contributed by atoms with Gasteiger partial charge in [-0.3, -0.25) is 9.59 Å². The highest BCUT2D eigenvalue weighted by Gasteiger charge is 2.45. The molecule has 1 aromatic rings. The van der Waals surface area contributed by atoms with Gasteiger partial charge in [-0.25, -0.2) is 13.2 Å². The fourth-order valence-electron chi connectivity index (χ4n) is 4.17. The van der Waals surface area contributed by atoms with Crippen molar-refractivity contribution >= 4 is 11.8 Å². The summed E-state index contributed by atoms with van der Waals surface area (Å²) in [5.41, 5.74) is 11.3. The summed E-state index contributed by atoms with van der Waals surface area (Å²) in [6, 6.07) is 0.697. The standard InChI is InChI=1S/C17H20F3N3O2/c18-12-7-14(20)13(19)5-8(12)6-15(21)9-3-10-1-2-11(4-9)23(10)17(25)16(22)24/h5,7,9-11,15H,1-4,6,21H2,(H2,22,24)/t9-,10-,11+,15-/m1/s1. The maximum atomic E-state index is 13.8. The number of carbonyl (C=O) groups excluding carboxylic acids is 2. The molecule has 0 unspecified atom stereocenters. The van der Waals surface area contributed by atoms with E-state index < -0.39 is 35.3 Å². The Bertz CT molecular complexity index is 699. The van der Waals surface area contributed by atoms with Crippen LogP contribution in [-0.2, 0) is 16.0 Å². The molecule has 4 atom stereocenters. The van der Waals surface area contributed by atoms with Crippen LogP contribution in [0.3, 0.4) is 0 Å². The topological polar surface area (TPSA) is 89.4 Å². The highest BCUT2D eigenvalue weighted by molar-refractivity contribution is 6.34. The molecule has 4 N–H and O–H groups in total. The van der Waals surface area contributed by atoms with Gasteiger partial charge in [-0.15, -0.1) is 0 Å². The van der Waals surface area contributed by atoms with E-state index in [-0.39, 0.29) is 30.0 Å². The Balaban J connectivity index is 1.69. The van der Waals surface area contributed by atoms with Gasteiger partial charge in [-0.2, -0.15) is 0 Å². The van der Waals surface area contributed by atoms with E-state index in [1.165, 1.54) is 0 Å². The summed E-state index contributed by atoms with van der Waals surface area (Å²) in [4.78, 5) is 24.6. The molecule has 25 heavy (non-hydrogen) atoms. The number of amides is 2. The quantitative estimate of drug-likeness (QED) is 0.631. The van der Waals surface area contributed by atoms with E-state index in [1.807, 2.05) is 0 Å². The Morgan fingerprint density at radius 2 is 1.64 bits per heavy atom. The number of hydrogen-bond acceptors (Lipinski definition) is 3. The monoisotopic (exact) mass is 355 g/mol. The molecule has 0 spiro atoms. The Hall–Kier alpha value is -2.09. The number of hydrogen-bond donors (Lipinski definition) is 2. The molecule has 8 heteroatoms. The number of fused-ring (bicyclic) bond motifs is 2. The first-order valence-corrected chi connectivity index (χ1v) is 8.29. The van der Waals surface area contributed by atoms with Crippen molar-refractivity contribution < 1.29 is 22.8 Å². The van der Waals surface area contributed by atoms with Crippen molar-refractivity contribution in [1.29, 1.82) is 0 Å². The summed E-state index contributed by atoms with van der Waals surface area (Å²) in [7, 11) is 0. The fourth-order valence-corrected chi connectivity index (χ4v) is 4.17. The van der Waals surface area contributed by atoms with Gasteiger partial charge in [0.05, 0.1) is 0 Å². The molecule has 0 aliphatic carbocycles.